The molecule has 5 rings (SSSR count). The van der Waals surface area contributed by atoms with Gasteiger partial charge in [-0.2, -0.15) is 0 Å². The molecule has 0 aliphatic carbocycles. The lowest BCUT2D eigenvalue weighted by atomic mass is 9.98. The Hall–Kier alpha value is -3.93. The second-order valence-electron chi connectivity index (χ2n) is 8.52. The molecule has 0 fully saturated rings. The third kappa shape index (κ3) is 3.75. The van der Waals surface area contributed by atoms with Crippen molar-refractivity contribution in [2.75, 3.05) is 11.5 Å². The van der Waals surface area contributed by atoms with E-state index in [9.17, 15) is 9.59 Å². The van der Waals surface area contributed by atoms with E-state index in [-0.39, 0.29) is 17.1 Å². The zero-order chi connectivity index (χ0) is 23.7. The Morgan fingerprint density at radius 2 is 1.79 bits per heavy atom. The minimum atomic E-state index is -0.647. The highest BCUT2D eigenvalue weighted by Crippen LogP contribution is 2.41. The first-order valence-electron chi connectivity index (χ1n) is 11.6. The van der Waals surface area contributed by atoms with Crippen molar-refractivity contribution in [1.82, 2.24) is 4.98 Å². The summed E-state index contributed by atoms with van der Waals surface area (Å²) in [5, 5.41) is 0.453. The molecule has 1 atom stereocenters. The van der Waals surface area contributed by atoms with Crippen LogP contribution in [0.4, 0.5) is 5.82 Å². The minimum Gasteiger partial charge on any atom is -0.494 e. The molecule has 3 heterocycles. The summed E-state index contributed by atoms with van der Waals surface area (Å²) >= 11 is 0. The number of carbonyl (C=O) groups excluding carboxylic acids is 1. The topological polar surface area (TPSA) is 72.6 Å². The summed E-state index contributed by atoms with van der Waals surface area (Å²) in [6.07, 6.45) is 4.91. The van der Waals surface area contributed by atoms with E-state index < -0.39 is 6.04 Å². The summed E-state index contributed by atoms with van der Waals surface area (Å²) in [5.41, 5.74) is 2.16. The third-order valence-corrected chi connectivity index (χ3v) is 6.20. The van der Waals surface area contributed by atoms with Gasteiger partial charge in [0, 0.05) is 6.20 Å². The number of ether oxygens (including phenoxy) is 1. The highest BCUT2D eigenvalue weighted by atomic mass is 16.5. The van der Waals surface area contributed by atoms with Crippen molar-refractivity contribution in [1.29, 1.82) is 0 Å². The fraction of sp³-hybridized carbons (Fsp3) is 0.250. The van der Waals surface area contributed by atoms with Crippen molar-refractivity contribution in [2.24, 2.45) is 0 Å². The van der Waals surface area contributed by atoms with E-state index in [0.29, 0.717) is 29.0 Å². The quantitative estimate of drug-likeness (QED) is 0.329. The zero-order valence-corrected chi connectivity index (χ0v) is 19.3. The number of nitrogens with zero attached hydrogens (tertiary/aromatic N) is 2. The molecule has 172 valence electrons. The first-order chi connectivity index (χ1) is 16.6. The molecule has 1 aliphatic rings. The lowest BCUT2D eigenvalue weighted by Gasteiger charge is -2.25. The fourth-order valence-electron chi connectivity index (χ4n) is 4.47. The van der Waals surface area contributed by atoms with Crippen molar-refractivity contribution in [3.8, 4) is 5.75 Å². The van der Waals surface area contributed by atoms with Crippen LogP contribution in [0.25, 0.3) is 11.0 Å². The molecule has 4 aromatic rings. The normalized spacial score (nSPS) is 15.1. The predicted octanol–water partition coefficient (Wildman–Crippen LogP) is 5.82. The van der Waals surface area contributed by atoms with Crippen LogP contribution in [-0.4, -0.2) is 17.5 Å². The SMILES string of the molecule is CCCCCOc1ccc(C2c3c(oc4ccccc4c3=O)C(=O)N2c2ncccc2C)cc1. The lowest BCUT2D eigenvalue weighted by molar-refractivity contribution is 0.0970. The Labute approximate surface area is 197 Å². The molecule has 0 N–H and O–H groups in total. The number of hydrogen-bond donors (Lipinski definition) is 0. The summed E-state index contributed by atoms with van der Waals surface area (Å²) < 4.78 is 11.9. The molecule has 1 unspecified atom stereocenters. The van der Waals surface area contributed by atoms with Gasteiger partial charge in [-0.05, 0) is 54.8 Å². The monoisotopic (exact) mass is 454 g/mol. The third-order valence-electron chi connectivity index (χ3n) is 6.20. The van der Waals surface area contributed by atoms with Gasteiger partial charge in [-0.1, -0.05) is 50.1 Å². The summed E-state index contributed by atoms with van der Waals surface area (Å²) in [6.45, 7) is 4.71. The van der Waals surface area contributed by atoms with Gasteiger partial charge < -0.3 is 9.15 Å². The number of hydrogen-bond acceptors (Lipinski definition) is 5. The number of rotatable bonds is 7. The van der Waals surface area contributed by atoms with Crippen LogP contribution >= 0.6 is 0 Å². The number of unbranched alkanes of at least 4 members (excludes halogenated alkanes) is 2. The highest BCUT2D eigenvalue weighted by molar-refractivity contribution is 6.10. The van der Waals surface area contributed by atoms with E-state index in [1.807, 2.05) is 43.3 Å². The average molecular weight is 455 g/mol. The number of para-hydroxylation sites is 1. The number of anilines is 1. The Morgan fingerprint density at radius 3 is 2.56 bits per heavy atom. The zero-order valence-electron chi connectivity index (χ0n) is 19.3. The van der Waals surface area contributed by atoms with Crippen molar-refractivity contribution in [2.45, 2.75) is 39.2 Å². The van der Waals surface area contributed by atoms with E-state index in [1.165, 1.54) is 0 Å². The molecule has 0 radical (unpaired) electrons. The van der Waals surface area contributed by atoms with Crippen LogP contribution in [0.2, 0.25) is 0 Å². The van der Waals surface area contributed by atoms with Crippen LogP contribution in [0.15, 0.2) is 76.1 Å². The second-order valence-corrected chi connectivity index (χ2v) is 8.52. The van der Waals surface area contributed by atoms with Gasteiger partial charge in [0.25, 0.3) is 5.91 Å². The number of pyridine rings is 1. The minimum absolute atomic E-state index is 0.0682. The van der Waals surface area contributed by atoms with Gasteiger partial charge in [0.1, 0.15) is 17.2 Å². The molecular formula is C28H26N2O4. The van der Waals surface area contributed by atoms with Crippen molar-refractivity contribution in [3.63, 3.8) is 0 Å². The Balaban J connectivity index is 1.62. The maximum Gasteiger partial charge on any atom is 0.296 e. The van der Waals surface area contributed by atoms with Crippen molar-refractivity contribution < 1.29 is 13.9 Å². The van der Waals surface area contributed by atoms with Gasteiger partial charge in [-0.25, -0.2) is 4.98 Å². The number of aryl methyl sites for hydroxylation is 1. The first-order valence-corrected chi connectivity index (χ1v) is 11.6. The smallest absolute Gasteiger partial charge is 0.296 e. The Bertz CT molecular complexity index is 1410. The van der Waals surface area contributed by atoms with Gasteiger partial charge >= 0.3 is 0 Å². The number of aromatic nitrogens is 1. The number of amides is 1. The van der Waals surface area contributed by atoms with E-state index in [2.05, 4.69) is 11.9 Å². The predicted molar refractivity (Wildman–Crippen MR) is 132 cm³/mol. The molecule has 34 heavy (non-hydrogen) atoms. The summed E-state index contributed by atoms with van der Waals surface area (Å²) in [5.74, 6) is 0.964. The van der Waals surface area contributed by atoms with E-state index in [1.54, 1.807) is 35.4 Å². The fourth-order valence-corrected chi connectivity index (χ4v) is 4.47. The van der Waals surface area contributed by atoms with E-state index in [0.717, 1.165) is 36.1 Å². The lowest BCUT2D eigenvalue weighted by Crippen LogP contribution is -2.30. The van der Waals surface area contributed by atoms with Crippen molar-refractivity contribution >= 4 is 22.7 Å². The molecule has 0 saturated carbocycles. The first kappa shape index (κ1) is 21.9. The van der Waals surface area contributed by atoms with Gasteiger partial charge in [-0.15, -0.1) is 0 Å². The molecule has 2 aromatic heterocycles. The molecule has 6 heteroatoms. The molecule has 0 saturated heterocycles. The standard InChI is InChI=1S/C28H26N2O4/c1-3-4-7-17-33-20-14-12-19(13-15-20)24-23-25(31)21-10-5-6-11-22(21)34-26(23)28(32)30(24)27-18(2)9-8-16-29-27/h5-6,8-16,24H,3-4,7,17H2,1-2H3. The Kier molecular flexibility index (Phi) is 5.88. The summed E-state index contributed by atoms with van der Waals surface area (Å²) in [4.78, 5) is 33.3. The summed E-state index contributed by atoms with van der Waals surface area (Å²) in [6, 6.07) is 17.7. The molecule has 6 nitrogen and oxygen atoms in total. The van der Waals surface area contributed by atoms with Crippen LogP contribution in [-0.2, 0) is 0 Å². The van der Waals surface area contributed by atoms with Crippen LogP contribution in [0, 0.1) is 6.92 Å². The van der Waals surface area contributed by atoms with Crippen molar-refractivity contribution in [3.05, 3.63) is 99.5 Å². The molecule has 0 spiro atoms. The van der Waals surface area contributed by atoms with E-state index in [4.69, 9.17) is 9.15 Å². The summed E-state index contributed by atoms with van der Waals surface area (Å²) in [7, 11) is 0. The molecule has 1 aliphatic heterocycles. The van der Waals surface area contributed by atoms with Gasteiger partial charge in [0.2, 0.25) is 5.76 Å². The van der Waals surface area contributed by atoms with Crippen LogP contribution < -0.4 is 15.1 Å². The maximum atomic E-state index is 13.6. The number of carbonyl (C=O) groups is 1. The molecule has 1 amide bonds. The average Bonchev–Trinajstić information content (AvgIpc) is 3.15. The maximum absolute atomic E-state index is 13.6. The van der Waals surface area contributed by atoms with Gasteiger partial charge in [-0.3, -0.25) is 14.5 Å². The second kappa shape index (κ2) is 9.14. The number of fused-ring (bicyclic) bond motifs is 2. The van der Waals surface area contributed by atoms with E-state index >= 15 is 0 Å². The van der Waals surface area contributed by atoms with Gasteiger partial charge in [0.15, 0.2) is 5.43 Å². The molecule has 2 aromatic carbocycles. The molecule has 0 bridgehead atoms. The molecular weight excluding hydrogens is 428 g/mol. The van der Waals surface area contributed by atoms with Crippen LogP contribution in [0.3, 0.4) is 0 Å². The largest absolute Gasteiger partial charge is 0.494 e. The number of benzene rings is 2. The van der Waals surface area contributed by atoms with Crippen LogP contribution in [0.1, 0.15) is 59.5 Å². The Morgan fingerprint density at radius 1 is 1.00 bits per heavy atom. The van der Waals surface area contributed by atoms with Crippen LogP contribution in [0.5, 0.6) is 5.75 Å². The van der Waals surface area contributed by atoms with Gasteiger partial charge in [0.05, 0.1) is 23.6 Å². The highest BCUT2D eigenvalue weighted by Gasteiger charge is 2.44.